The van der Waals surface area contributed by atoms with E-state index in [1.54, 1.807) is 7.11 Å². The first-order chi connectivity index (χ1) is 13.7. The highest BCUT2D eigenvalue weighted by Gasteiger charge is 2.48. The maximum atomic E-state index is 10.7. The standard InChI is InChI=1S/C22H26O6/c1-14-19(23)21(25-12-15-6-4-3-5-7-15)20-18(27-14)13-26-22(28-20)16-8-10-17(24-2)11-9-16/h3-11,14,18-23H,12-13H2,1-2H3/t14-,18?,19?,20-,21-,22?/m0/s1. The van der Waals surface area contributed by atoms with Crippen LogP contribution in [-0.4, -0.2) is 49.3 Å². The average molecular weight is 386 g/mol. The number of ether oxygens (including phenoxy) is 5. The summed E-state index contributed by atoms with van der Waals surface area (Å²) in [6.45, 7) is 2.62. The van der Waals surface area contributed by atoms with Crippen LogP contribution in [0.15, 0.2) is 54.6 Å². The largest absolute Gasteiger partial charge is 0.497 e. The Hall–Kier alpha value is -1.96. The molecule has 6 nitrogen and oxygen atoms in total. The molecule has 6 atom stereocenters. The van der Waals surface area contributed by atoms with Crippen LogP contribution >= 0.6 is 0 Å². The summed E-state index contributed by atoms with van der Waals surface area (Å²) < 4.78 is 29.3. The molecule has 2 aromatic rings. The van der Waals surface area contributed by atoms with Crippen LogP contribution in [0.4, 0.5) is 0 Å². The molecule has 150 valence electrons. The summed E-state index contributed by atoms with van der Waals surface area (Å²) in [5.74, 6) is 0.770. The van der Waals surface area contributed by atoms with E-state index in [0.717, 1.165) is 16.9 Å². The van der Waals surface area contributed by atoms with Crippen molar-refractivity contribution in [3.8, 4) is 5.75 Å². The fraction of sp³-hybridized carbons (Fsp3) is 0.455. The van der Waals surface area contributed by atoms with Crippen molar-refractivity contribution in [3.05, 3.63) is 65.7 Å². The van der Waals surface area contributed by atoms with Gasteiger partial charge in [0, 0.05) is 5.56 Å². The SMILES string of the molecule is COc1ccc(C2OCC3O[C@@H](C)C(O)[C@H](OCc4ccccc4)[C@H]3O2)cc1. The van der Waals surface area contributed by atoms with Crippen LogP contribution in [0.2, 0.25) is 0 Å². The van der Waals surface area contributed by atoms with Crippen LogP contribution in [0.5, 0.6) is 5.75 Å². The van der Waals surface area contributed by atoms with Gasteiger partial charge in [-0.1, -0.05) is 42.5 Å². The van der Waals surface area contributed by atoms with Crippen molar-refractivity contribution in [3.63, 3.8) is 0 Å². The monoisotopic (exact) mass is 386 g/mol. The Morgan fingerprint density at radius 2 is 1.79 bits per heavy atom. The van der Waals surface area contributed by atoms with Crippen LogP contribution in [0.1, 0.15) is 24.3 Å². The fourth-order valence-corrected chi connectivity index (χ4v) is 3.67. The van der Waals surface area contributed by atoms with Gasteiger partial charge in [0.05, 0.1) is 26.4 Å². The zero-order valence-corrected chi connectivity index (χ0v) is 16.1. The second-order valence-electron chi connectivity index (χ2n) is 7.17. The van der Waals surface area contributed by atoms with Crippen molar-refractivity contribution in [1.29, 1.82) is 0 Å². The van der Waals surface area contributed by atoms with Crippen LogP contribution in [0.25, 0.3) is 0 Å². The predicted molar refractivity (Wildman–Crippen MR) is 102 cm³/mol. The van der Waals surface area contributed by atoms with E-state index in [0.29, 0.717) is 13.2 Å². The molecule has 4 rings (SSSR count). The van der Waals surface area contributed by atoms with E-state index in [2.05, 4.69) is 0 Å². The Balaban J connectivity index is 1.49. The summed E-state index contributed by atoms with van der Waals surface area (Å²) in [5.41, 5.74) is 1.93. The summed E-state index contributed by atoms with van der Waals surface area (Å²) in [7, 11) is 1.63. The Labute approximate surface area is 164 Å². The molecular formula is C22H26O6. The van der Waals surface area contributed by atoms with Crippen molar-refractivity contribution in [2.75, 3.05) is 13.7 Å². The fourth-order valence-electron chi connectivity index (χ4n) is 3.67. The Bertz CT molecular complexity index is 749. The lowest BCUT2D eigenvalue weighted by molar-refractivity contribution is -0.333. The van der Waals surface area contributed by atoms with E-state index in [-0.39, 0.29) is 12.2 Å². The molecule has 0 spiro atoms. The van der Waals surface area contributed by atoms with E-state index < -0.39 is 24.6 Å². The van der Waals surface area contributed by atoms with Gasteiger partial charge in [-0.15, -0.1) is 0 Å². The van der Waals surface area contributed by atoms with E-state index in [4.69, 9.17) is 23.7 Å². The van der Waals surface area contributed by atoms with Gasteiger partial charge < -0.3 is 28.8 Å². The number of aliphatic hydroxyl groups excluding tert-OH is 1. The third-order valence-corrected chi connectivity index (χ3v) is 5.26. The summed E-state index contributed by atoms with van der Waals surface area (Å²) in [5, 5.41) is 10.7. The van der Waals surface area contributed by atoms with Gasteiger partial charge in [-0.3, -0.25) is 0 Å². The Kier molecular flexibility index (Phi) is 5.94. The zero-order chi connectivity index (χ0) is 19.5. The molecule has 2 heterocycles. The van der Waals surface area contributed by atoms with Crippen molar-refractivity contribution in [2.45, 2.75) is 50.3 Å². The minimum atomic E-state index is -0.778. The molecule has 0 aliphatic carbocycles. The van der Waals surface area contributed by atoms with Gasteiger partial charge in [-0.25, -0.2) is 0 Å². The summed E-state index contributed by atoms with van der Waals surface area (Å²) in [6.07, 6.45) is -2.88. The molecule has 0 radical (unpaired) electrons. The van der Waals surface area contributed by atoms with Gasteiger partial charge in [0.2, 0.25) is 0 Å². The van der Waals surface area contributed by atoms with Gasteiger partial charge in [0.25, 0.3) is 0 Å². The molecule has 28 heavy (non-hydrogen) atoms. The van der Waals surface area contributed by atoms with E-state index in [1.807, 2.05) is 61.5 Å². The number of aliphatic hydroxyl groups is 1. The Morgan fingerprint density at radius 1 is 1.04 bits per heavy atom. The third kappa shape index (κ3) is 4.06. The average Bonchev–Trinajstić information content (AvgIpc) is 2.75. The van der Waals surface area contributed by atoms with Gasteiger partial charge in [-0.05, 0) is 24.6 Å². The second-order valence-corrected chi connectivity index (χ2v) is 7.17. The highest BCUT2D eigenvalue weighted by atomic mass is 16.7. The quantitative estimate of drug-likeness (QED) is 0.852. The number of benzene rings is 2. The first kappa shape index (κ1) is 19.4. The van der Waals surface area contributed by atoms with Gasteiger partial charge >= 0.3 is 0 Å². The van der Waals surface area contributed by atoms with E-state index in [1.165, 1.54) is 0 Å². The summed E-state index contributed by atoms with van der Waals surface area (Å²) in [4.78, 5) is 0. The van der Waals surface area contributed by atoms with Crippen molar-refractivity contribution >= 4 is 0 Å². The van der Waals surface area contributed by atoms with E-state index in [9.17, 15) is 5.11 Å². The van der Waals surface area contributed by atoms with Crippen molar-refractivity contribution < 1.29 is 28.8 Å². The van der Waals surface area contributed by atoms with Gasteiger partial charge in [0.1, 0.15) is 30.2 Å². The number of hydrogen-bond donors (Lipinski definition) is 1. The van der Waals surface area contributed by atoms with E-state index >= 15 is 0 Å². The predicted octanol–water partition coefficient (Wildman–Crippen LogP) is 2.84. The molecule has 6 heteroatoms. The van der Waals surface area contributed by atoms with Gasteiger partial charge in [-0.2, -0.15) is 0 Å². The van der Waals surface area contributed by atoms with Crippen molar-refractivity contribution in [2.24, 2.45) is 0 Å². The highest BCUT2D eigenvalue weighted by Crippen LogP contribution is 2.35. The maximum absolute atomic E-state index is 10.7. The number of hydrogen-bond acceptors (Lipinski definition) is 6. The maximum Gasteiger partial charge on any atom is 0.184 e. The van der Waals surface area contributed by atoms with Gasteiger partial charge in [0.15, 0.2) is 6.29 Å². The van der Waals surface area contributed by atoms with Crippen LogP contribution in [0.3, 0.4) is 0 Å². The molecule has 2 aliphatic heterocycles. The smallest absolute Gasteiger partial charge is 0.184 e. The minimum Gasteiger partial charge on any atom is -0.497 e. The lowest BCUT2D eigenvalue weighted by Crippen LogP contribution is -2.61. The molecule has 1 N–H and O–H groups in total. The summed E-state index contributed by atoms with van der Waals surface area (Å²) >= 11 is 0. The molecule has 0 amide bonds. The molecular weight excluding hydrogens is 360 g/mol. The molecule has 2 saturated heterocycles. The number of rotatable bonds is 5. The lowest BCUT2D eigenvalue weighted by Gasteiger charge is -2.47. The Morgan fingerprint density at radius 3 is 2.50 bits per heavy atom. The minimum absolute atomic E-state index is 0.284. The lowest BCUT2D eigenvalue weighted by atomic mass is 9.94. The zero-order valence-electron chi connectivity index (χ0n) is 16.1. The summed E-state index contributed by atoms with van der Waals surface area (Å²) in [6, 6.07) is 17.4. The normalized spacial score (nSPS) is 32.5. The number of fused-ring (bicyclic) bond motifs is 1. The van der Waals surface area contributed by atoms with Crippen molar-refractivity contribution in [1.82, 2.24) is 0 Å². The van der Waals surface area contributed by atoms with Crippen LogP contribution in [0, 0.1) is 0 Å². The highest BCUT2D eigenvalue weighted by molar-refractivity contribution is 5.28. The molecule has 0 aromatic heterocycles. The second kappa shape index (κ2) is 8.59. The third-order valence-electron chi connectivity index (χ3n) is 5.26. The molecule has 2 fully saturated rings. The molecule has 2 aromatic carbocycles. The molecule has 0 bridgehead atoms. The van der Waals surface area contributed by atoms with Crippen LogP contribution < -0.4 is 4.74 Å². The molecule has 0 saturated carbocycles. The van der Waals surface area contributed by atoms with Crippen LogP contribution in [-0.2, 0) is 25.6 Å². The molecule has 3 unspecified atom stereocenters. The molecule has 2 aliphatic rings. The first-order valence-corrected chi connectivity index (χ1v) is 9.56. The topological polar surface area (TPSA) is 66.4 Å². The first-order valence-electron chi connectivity index (χ1n) is 9.56. The number of methoxy groups -OCH3 is 1.